The summed E-state index contributed by atoms with van der Waals surface area (Å²) in [5, 5.41) is 0. The summed E-state index contributed by atoms with van der Waals surface area (Å²) in [6, 6.07) is 0. The molecule has 0 aliphatic carbocycles. The highest BCUT2D eigenvalue weighted by Crippen LogP contribution is 2.59. The SMILES string of the molecule is FC(F)(F)C(F)(c1cncnc1C(F)(C(F)(F)F)C(F)(F)F)C(F)(F)F. The number of halogens is 14. The zero-order valence-corrected chi connectivity index (χ0v) is 11.3. The summed E-state index contributed by atoms with van der Waals surface area (Å²) in [5.41, 5.74) is -20.6. The number of hydrogen-bond acceptors (Lipinski definition) is 2. The van der Waals surface area contributed by atoms with Gasteiger partial charge in [0.15, 0.2) is 0 Å². The first-order valence-electron chi connectivity index (χ1n) is 5.68. The van der Waals surface area contributed by atoms with Gasteiger partial charge in [0.05, 0.1) is 5.56 Å². The third-order valence-corrected chi connectivity index (χ3v) is 2.97. The predicted octanol–water partition coefficient (Wildman–Crippen LogP) is 5.06. The molecular formula is C10H2F14N2. The van der Waals surface area contributed by atoms with Crippen LogP contribution in [0.15, 0.2) is 12.5 Å². The Kier molecular flexibility index (Phi) is 4.94. The van der Waals surface area contributed by atoms with Crippen molar-refractivity contribution in [2.75, 3.05) is 0 Å². The Morgan fingerprint density at radius 2 is 0.885 bits per heavy atom. The van der Waals surface area contributed by atoms with Crippen molar-refractivity contribution < 1.29 is 61.5 Å². The highest BCUT2D eigenvalue weighted by Gasteiger charge is 2.80. The maximum Gasteiger partial charge on any atom is 0.437 e. The largest absolute Gasteiger partial charge is 0.437 e. The number of aromatic nitrogens is 2. The van der Waals surface area contributed by atoms with E-state index in [0.29, 0.717) is 0 Å². The molecule has 150 valence electrons. The topological polar surface area (TPSA) is 25.8 Å². The van der Waals surface area contributed by atoms with Crippen molar-refractivity contribution in [3.05, 3.63) is 23.8 Å². The molecule has 0 bridgehead atoms. The Labute approximate surface area is 132 Å². The molecule has 0 atom stereocenters. The van der Waals surface area contributed by atoms with Crippen LogP contribution < -0.4 is 0 Å². The summed E-state index contributed by atoms with van der Waals surface area (Å²) in [6.45, 7) is 0. The zero-order valence-electron chi connectivity index (χ0n) is 11.3. The van der Waals surface area contributed by atoms with Gasteiger partial charge in [0, 0.05) is 6.20 Å². The summed E-state index contributed by atoms with van der Waals surface area (Å²) in [7, 11) is 0. The van der Waals surface area contributed by atoms with E-state index in [1.165, 1.54) is 0 Å². The van der Waals surface area contributed by atoms with E-state index in [4.69, 9.17) is 0 Å². The van der Waals surface area contributed by atoms with Crippen LogP contribution >= 0.6 is 0 Å². The molecule has 0 aromatic carbocycles. The first-order chi connectivity index (χ1) is 11.2. The van der Waals surface area contributed by atoms with Crippen molar-refractivity contribution in [3.63, 3.8) is 0 Å². The summed E-state index contributed by atoms with van der Waals surface area (Å²) in [4.78, 5) is 4.27. The van der Waals surface area contributed by atoms with E-state index < -0.39 is 59.8 Å². The summed E-state index contributed by atoms with van der Waals surface area (Å²) >= 11 is 0. The Morgan fingerprint density at radius 1 is 0.538 bits per heavy atom. The van der Waals surface area contributed by atoms with Crippen LogP contribution in [0.1, 0.15) is 11.3 Å². The van der Waals surface area contributed by atoms with Crippen molar-refractivity contribution in [3.8, 4) is 0 Å². The van der Waals surface area contributed by atoms with E-state index in [2.05, 4.69) is 4.98 Å². The molecule has 0 amide bonds. The minimum absolute atomic E-state index is 0.405. The van der Waals surface area contributed by atoms with Crippen LogP contribution in [0.25, 0.3) is 0 Å². The van der Waals surface area contributed by atoms with Gasteiger partial charge in [-0.25, -0.2) is 18.7 Å². The molecule has 0 N–H and O–H groups in total. The molecule has 16 heteroatoms. The minimum Gasteiger partial charge on any atom is -0.244 e. The molecule has 1 aromatic heterocycles. The highest BCUT2D eigenvalue weighted by molar-refractivity contribution is 5.35. The maximum absolute atomic E-state index is 13.9. The molecule has 1 aromatic rings. The quantitative estimate of drug-likeness (QED) is 0.631. The van der Waals surface area contributed by atoms with E-state index in [-0.39, 0.29) is 0 Å². The lowest BCUT2D eigenvalue weighted by molar-refractivity contribution is -0.361. The molecule has 0 unspecified atom stereocenters. The second-order valence-electron chi connectivity index (χ2n) is 4.59. The van der Waals surface area contributed by atoms with E-state index in [0.717, 1.165) is 0 Å². The number of nitrogens with zero attached hydrogens (tertiary/aromatic N) is 2. The molecule has 0 saturated carbocycles. The fourth-order valence-corrected chi connectivity index (χ4v) is 1.75. The fourth-order valence-electron chi connectivity index (χ4n) is 1.75. The Hall–Kier alpha value is -1.90. The molecule has 1 rings (SSSR count). The van der Waals surface area contributed by atoms with Crippen molar-refractivity contribution in [1.82, 2.24) is 9.97 Å². The molecule has 0 aliphatic rings. The maximum atomic E-state index is 13.9. The van der Waals surface area contributed by atoms with Gasteiger partial charge < -0.3 is 0 Å². The van der Waals surface area contributed by atoms with Crippen LogP contribution in [0.4, 0.5) is 61.5 Å². The van der Waals surface area contributed by atoms with Gasteiger partial charge in [0.25, 0.3) is 0 Å². The first kappa shape index (κ1) is 22.1. The van der Waals surface area contributed by atoms with Crippen LogP contribution in [-0.4, -0.2) is 34.7 Å². The molecule has 0 radical (unpaired) electrons. The van der Waals surface area contributed by atoms with Gasteiger partial charge in [-0.3, -0.25) is 0 Å². The second-order valence-corrected chi connectivity index (χ2v) is 4.59. The normalized spacial score (nSPS) is 15.3. The van der Waals surface area contributed by atoms with Crippen molar-refractivity contribution in [2.45, 2.75) is 36.0 Å². The third kappa shape index (κ3) is 3.02. The molecule has 1 heterocycles. The molecule has 0 saturated heterocycles. The van der Waals surface area contributed by atoms with E-state index in [1.807, 2.05) is 4.98 Å². The van der Waals surface area contributed by atoms with Gasteiger partial charge in [-0.2, -0.15) is 52.7 Å². The molecular weight excluding hydrogens is 414 g/mol. The Bertz CT molecular complexity index is 566. The lowest BCUT2D eigenvalue weighted by atomic mass is 9.86. The molecule has 26 heavy (non-hydrogen) atoms. The zero-order chi connectivity index (χ0) is 21.0. The Morgan fingerprint density at radius 3 is 1.19 bits per heavy atom. The lowest BCUT2D eigenvalue weighted by Gasteiger charge is -2.35. The smallest absolute Gasteiger partial charge is 0.244 e. The van der Waals surface area contributed by atoms with Crippen LogP contribution in [0, 0.1) is 0 Å². The Balaban J connectivity index is 4.03. The third-order valence-electron chi connectivity index (χ3n) is 2.97. The monoisotopic (exact) mass is 416 g/mol. The van der Waals surface area contributed by atoms with Gasteiger partial charge in [-0.05, 0) is 0 Å². The van der Waals surface area contributed by atoms with Gasteiger partial charge in [0.2, 0.25) is 0 Å². The lowest BCUT2D eigenvalue weighted by Crippen LogP contribution is -2.56. The standard InChI is InChI=1S/C10H2F14N2/c11-5(7(13,14)15,8(16,17)18)3-1-25-2-26-4(3)6(12,9(19,20)21)10(22,23)24/h1-2H. The van der Waals surface area contributed by atoms with Crippen LogP contribution in [0.3, 0.4) is 0 Å². The van der Waals surface area contributed by atoms with Gasteiger partial charge in [-0.15, -0.1) is 0 Å². The minimum atomic E-state index is -7.13. The molecule has 0 spiro atoms. The van der Waals surface area contributed by atoms with Crippen molar-refractivity contribution in [2.24, 2.45) is 0 Å². The van der Waals surface area contributed by atoms with E-state index in [9.17, 15) is 61.5 Å². The fraction of sp³-hybridized carbons (Fsp3) is 0.600. The van der Waals surface area contributed by atoms with Crippen LogP contribution in [0.2, 0.25) is 0 Å². The number of hydrogen-bond donors (Lipinski definition) is 0. The average Bonchev–Trinajstić information content (AvgIpc) is 2.40. The summed E-state index contributed by atoms with van der Waals surface area (Å²) < 4.78 is 179. The van der Waals surface area contributed by atoms with Crippen LogP contribution in [-0.2, 0) is 11.3 Å². The van der Waals surface area contributed by atoms with Gasteiger partial charge in [0.1, 0.15) is 12.0 Å². The second kappa shape index (κ2) is 5.80. The number of rotatable bonds is 2. The van der Waals surface area contributed by atoms with Gasteiger partial charge >= 0.3 is 36.0 Å². The molecule has 2 nitrogen and oxygen atoms in total. The first-order valence-corrected chi connectivity index (χ1v) is 5.68. The average molecular weight is 416 g/mol. The highest BCUT2D eigenvalue weighted by atomic mass is 19.4. The van der Waals surface area contributed by atoms with Crippen molar-refractivity contribution in [1.29, 1.82) is 0 Å². The number of alkyl halides is 14. The molecule has 0 aliphatic heterocycles. The van der Waals surface area contributed by atoms with E-state index >= 15 is 0 Å². The molecule has 0 fully saturated rings. The van der Waals surface area contributed by atoms with Crippen LogP contribution in [0.5, 0.6) is 0 Å². The predicted molar refractivity (Wildman–Crippen MR) is 51.8 cm³/mol. The van der Waals surface area contributed by atoms with Crippen molar-refractivity contribution >= 4 is 0 Å². The summed E-state index contributed by atoms with van der Waals surface area (Å²) in [5.74, 6) is 0. The van der Waals surface area contributed by atoms with E-state index in [1.54, 1.807) is 0 Å². The van der Waals surface area contributed by atoms with Gasteiger partial charge in [-0.1, -0.05) is 0 Å². The summed E-state index contributed by atoms with van der Waals surface area (Å²) in [6.07, 6.45) is -29.9.